The highest BCUT2D eigenvalue weighted by molar-refractivity contribution is 5.74. The van der Waals surface area contributed by atoms with Crippen molar-refractivity contribution >= 4 is 11.0 Å². The molecule has 1 heterocycles. The minimum atomic E-state index is 0.0108. The van der Waals surface area contributed by atoms with Crippen LogP contribution in [0, 0.1) is 12.8 Å². The van der Waals surface area contributed by atoms with Crippen molar-refractivity contribution in [1.82, 2.24) is 14.9 Å². The van der Waals surface area contributed by atoms with E-state index in [0.717, 1.165) is 17.6 Å². The molecule has 1 aromatic carbocycles. The van der Waals surface area contributed by atoms with Crippen LogP contribution in [0.5, 0.6) is 0 Å². The highest BCUT2D eigenvalue weighted by Gasteiger charge is 2.10. The molecule has 18 heavy (non-hydrogen) atoms. The number of aromatic nitrogens is 2. The third-order valence-electron chi connectivity index (χ3n) is 3.06. The summed E-state index contributed by atoms with van der Waals surface area (Å²) in [7, 11) is 1.93. The SMILES string of the molecule is CNCC(C)Cn1c(=O)c(C)nc2ccccc21. The molecule has 4 nitrogen and oxygen atoms in total. The smallest absolute Gasteiger partial charge is 0.272 e. The van der Waals surface area contributed by atoms with Gasteiger partial charge in [0.25, 0.3) is 5.56 Å². The zero-order valence-electron chi connectivity index (χ0n) is 11.1. The molecule has 0 aliphatic carbocycles. The predicted octanol–water partition coefficient (Wildman–Crippen LogP) is 1.56. The molecule has 0 fully saturated rings. The number of hydrogen-bond donors (Lipinski definition) is 1. The Balaban J connectivity index is 2.53. The fraction of sp³-hybridized carbons (Fsp3) is 0.429. The topological polar surface area (TPSA) is 46.9 Å². The van der Waals surface area contributed by atoms with Crippen LogP contribution in [0.4, 0.5) is 0 Å². The summed E-state index contributed by atoms with van der Waals surface area (Å²) >= 11 is 0. The molecule has 96 valence electrons. The van der Waals surface area contributed by atoms with Crippen molar-refractivity contribution < 1.29 is 0 Å². The summed E-state index contributed by atoms with van der Waals surface area (Å²) in [5, 5.41) is 3.14. The first-order valence-electron chi connectivity index (χ1n) is 6.24. The number of benzene rings is 1. The molecule has 0 saturated carbocycles. The number of nitrogens with zero attached hydrogens (tertiary/aromatic N) is 2. The summed E-state index contributed by atoms with van der Waals surface area (Å²) in [5.41, 5.74) is 2.37. The number of nitrogens with one attached hydrogen (secondary N) is 1. The number of aryl methyl sites for hydroxylation is 1. The molecule has 0 saturated heterocycles. The van der Waals surface area contributed by atoms with Crippen molar-refractivity contribution in [2.75, 3.05) is 13.6 Å². The summed E-state index contributed by atoms with van der Waals surface area (Å²) in [4.78, 5) is 16.5. The quantitative estimate of drug-likeness (QED) is 0.889. The Hall–Kier alpha value is -1.68. The first-order chi connectivity index (χ1) is 8.63. The van der Waals surface area contributed by atoms with Gasteiger partial charge in [0.2, 0.25) is 0 Å². The minimum absolute atomic E-state index is 0.0108. The zero-order valence-corrected chi connectivity index (χ0v) is 11.1. The van der Waals surface area contributed by atoms with Gasteiger partial charge in [0.1, 0.15) is 5.69 Å². The van der Waals surface area contributed by atoms with E-state index in [1.807, 2.05) is 35.9 Å². The fourth-order valence-electron chi connectivity index (χ4n) is 2.23. The van der Waals surface area contributed by atoms with Gasteiger partial charge in [0, 0.05) is 6.54 Å². The first-order valence-corrected chi connectivity index (χ1v) is 6.24. The van der Waals surface area contributed by atoms with E-state index in [-0.39, 0.29) is 5.56 Å². The average Bonchev–Trinajstić information content (AvgIpc) is 2.35. The molecule has 0 bridgehead atoms. The Morgan fingerprint density at radius 2 is 2.11 bits per heavy atom. The highest BCUT2D eigenvalue weighted by atomic mass is 16.1. The van der Waals surface area contributed by atoms with Crippen LogP contribution in [0.2, 0.25) is 0 Å². The second-order valence-corrected chi connectivity index (χ2v) is 4.76. The van der Waals surface area contributed by atoms with Crippen molar-refractivity contribution in [3.05, 3.63) is 40.3 Å². The lowest BCUT2D eigenvalue weighted by Gasteiger charge is -2.15. The molecule has 1 aromatic heterocycles. The lowest BCUT2D eigenvalue weighted by atomic mass is 10.1. The maximum absolute atomic E-state index is 12.2. The summed E-state index contributed by atoms with van der Waals surface area (Å²) in [6, 6.07) is 7.79. The largest absolute Gasteiger partial charge is 0.319 e. The van der Waals surface area contributed by atoms with E-state index in [1.54, 1.807) is 6.92 Å². The maximum atomic E-state index is 12.2. The zero-order chi connectivity index (χ0) is 13.1. The van der Waals surface area contributed by atoms with Crippen molar-refractivity contribution in [3.63, 3.8) is 0 Å². The van der Waals surface area contributed by atoms with E-state index in [4.69, 9.17) is 0 Å². The third-order valence-corrected chi connectivity index (χ3v) is 3.06. The van der Waals surface area contributed by atoms with Crippen molar-refractivity contribution in [1.29, 1.82) is 0 Å². The van der Waals surface area contributed by atoms with Gasteiger partial charge < -0.3 is 9.88 Å². The van der Waals surface area contributed by atoms with Crippen LogP contribution in [0.1, 0.15) is 12.6 Å². The second-order valence-electron chi connectivity index (χ2n) is 4.76. The van der Waals surface area contributed by atoms with Crippen LogP contribution < -0.4 is 10.9 Å². The number of hydrogen-bond acceptors (Lipinski definition) is 3. The Kier molecular flexibility index (Phi) is 3.77. The van der Waals surface area contributed by atoms with E-state index in [9.17, 15) is 4.79 Å². The van der Waals surface area contributed by atoms with Crippen LogP contribution in [0.25, 0.3) is 11.0 Å². The molecular weight excluding hydrogens is 226 g/mol. The van der Waals surface area contributed by atoms with Crippen molar-refractivity contribution in [2.45, 2.75) is 20.4 Å². The molecule has 0 radical (unpaired) electrons. The molecule has 2 aromatic rings. The van der Waals surface area contributed by atoms with Gasteiger partial charge in [-0.1, -0.05) is 19.1 Å². The summed E-state index contributed by atoms with van der Waals surface area (Å²) in [6.45, 7) is 5.51. The van der Waals surface area contributed by atoms with Gasteiger partial charge in [-0.15, -0.1) is 0 Å². The molecule has 0 amide bonds. The van der Waals surface area contributed by atoms with Crippen LogP contribution >= 0.6 is 0 Å². The van der Waals surface area contributed by atoms with Crippen molar-refractivity contribution in [2.24, 2.45) is 5.92 Å². The summed E-state index contributed by atoms with van der Waals surface area (Å²) in [5.74, 6) is 0.401. The highest BCUT2D eigenvalue weighted by Crippen LogP contribution is 2.11. The molecule has 4 heteroatoms. The average molecular weight is 245 g/mol. The molecule has 1 atom stereocenters. The van der Waals surface area contributed by atoms with Gasteiger partial charge in [-0.2, -0.15) is 0 Å². The van der Waals surface area contributed by atoms with E-state index in [0.29, 0.717) is 18.2 Å². The van der Waals surface area contributed by atoms with Gasteiger partial charge in [-0.05, 0) is 38.6 Å². The molecule has 2 rings (SSSR count). The summed E-state index contributed by atoms with van der Waals surface area (Å²) in [6.07, 6.45) is 0. The van der Waals surface area contributed by atoms with Gasteiger partial charge in [0.05, 0.1) is 11.0 Å². The van der Waals surface area contributed by atoms with Gasteiger partial charge in [-0.25, -0.2) is 4.98 Å². The van der Waals surface area contributed by atoms with E-state index >= 15 is 0 Å². The van der Waals surface area contributed by atoms with E-state index in [2.05, 4.69) is 17.2 Å². The Bertz CT molecular complexity index is 604. The molecule has 0 spiro atoms. The van der Waals surface area contributed by atoms with Gasteiger partial charge in [0.15, 0.2) is 0 Å². The second kappa shape index (κ2) is 5.31. The Labute approximate surface area is 107 Å². The number of para-hydroxylation sites is 2. The monoisotopic (exact) mass is 245 g/mol. The molecule has 1 unspecified atom stereocenters. The predicted molar refractivity (Wildman–Crippen MR) is 73.8 cm³/mol. The van der Waals surface area contributed by atoms with E-state index < -0.39 is 0 Å². The number of rotatable bonds is 4. The standard InChI is InChI=1S/C14H19N3O/c1-10(8-15-3)9-17-13-7-5-4-6-12(13)16-11(2)14(17)18/h4-7,10,15H,8-9H2,1-3H3. The lowest BCUT2D eigenvalue weighted by molar-refractivity contribution is 0.461. The van der Waals surface area contributed by atoms with Crippen LogP contribution in [-0.4, -0.2) is 23.1 Å². The lowest BCUT2D eigenvalue weighted by Crippen LogP contribution is -2.29. The Morgan fingerprint density at radius 3 is 2.83 bits per heavy atom. The van der Waals surface area contributed by atoms with Crippen LogP contribution in [0.3, 0.4) is 0 Å². The maximum Gasteiger partial charge on any atom is 0.272 e. The fourth-order valence-corrected chi connectivity index (χ4v) is 2.23. The first kappa shape index (κ1) is 12.8. The third kappa shape index (κ3) is 2.43. The van der Waals surface area contributed by atoms with Crippen molar-refractivity contribution in [3.8, 4) is 0 Å². The molecule has 0 aliphatic heterocycles. The van der Waals surface area contributed by atoms with Gasteiger partial charge >= 0.3 is 0 Å². The van der Waals surface area contributed by atoms with Crippen LogP contribution in [-0.2, 0) is 6.54 Å². The minimum Gasteiger partial charge on any atom is -0.319 e. The van der Waals surface area contributed by atoms with Crippen LogP contribution in [0.15, 0.2) is 29.1 Å². The number of fused-ring (bicyclic) bond motifs is 1. The summed E-state index contributed by atoms with van der Waals surface area (Å²) < 4.78 is 1.83. The molecule has 0 aliphatic rings. The normalized spacial score (nSPS) is 12.8. The van der Waals surface area contributed by atoms with Gasteiger partial charge in [-0.3, -0.25) is 4.79 Å². The molecular formula is C14H19N3O. The Morgan fingerprint density at radius 1 is 1.39 bits per heavy atom. The van der Waals surface area contributed by atoms with E-state index in [1.165, 1.54) is 0 Å². The molecule has 1 N–H and O–H groups in total.